The number of likely N-dealkylation sites (N-methyl/N-ethyl adjacent to an activating group) is 1. The molecule has 0 radical (unpaired) electrons. The average Bonchev–Trinajstić information content (AvgIpc) is 2.13. The molecule has 88 valence electrons. The van der Waals surface area contributed by atoms with Crippen molar-refractivity contribution in [3.8, 4) is 0 Å². The topological polar surface area (TPSA) is 78.4 Å². The molecule has 0 spiro atoms. The number of rotatable bonds is 6. The van der Waals surface area contributed by atoms with E-state index in [0.29, 0.717) is 6.54 Å². The molecule has 0 saturated carbocycles. The molecule has 0 fully saturated rings. The highest BCUT2D eigenvalue weighted by atomic mass is 16.4. The van der Waals surface area contributed by atoms with E-state index < -0.39 is 11.5 Å². The fourth-order valence-corrected chi connectivity index (χ4v) is 0.972. The Balaban J connectivity index is 3.95. The van der Waals surface area contributed by atoms with Crippen LogP contribution in [0, 0.1) is 5.92 Å². The van der Waals surface area contributed by atoms with Crippen LogP contribution in [0.4, 0.5) is 0 Å². The summed E-state index contributed by atoms with van der Waals surface area (Å²) in [4.78, 5) is 21.9. The normalized spacial score (nSPS) is 13.3. The van der Waals surface area contributed by atoms with Gasteiger partial charge >= 0.3 is 5.97 Å². The standard InChI is InChI=1S/C10H20N2O3/c1-7(5-8(13)14)6-12-9(15)10(2,3)11-4/h7,11H,5-6H2,1-4H3,(H,12,15)(H,13,14). The number of hydrogen-bond donors (Lipinski definition) is 3. The Bertz CT molecular complexity index is 239. The number of carbonyl (C=O) groups is 2. The Morgan fingerprint density at radius 1 is 1.40 bits per heavy atom. The number of hydrogen-bond acceptors (Lipinski definition) is 3. The van der Waals surface area contributed by atoms with Gasteiger partial charge in [-0.3, -0.25) is 9.59 Å². The third-order valence-corrected chi connectivity index (χ3v) is 2.33. The third-order valence-electron chi connectivity index (χ3n) is 2.33. The SMILES string of the molecule is CNC(C)(C)C(=O)NCC(C)CC(=O)O. The summed E-state index contributed by atoms with van der Waals surface area (Å²) in [7, 11) is 1.71. The average molecular weight is 216 g/mol. The van der Waals surface area contributed by atoms with Crippen LogP contribution in [0.15, 0.2) is 0 Å². The zero-order valence-electron chi connectivity index (χ0n) is 9.76. The summed E-state index contributed by atoms with van der Waals surface area (Å²) in [6, 6.07) is 0. The number of carboxylic acid groups (broad SMARTS) is 1. The van der Waals surface area contributed by atoms with Crippen molar-refractivity contribution >= 4 is 11.9 Å². The summed E-state index contributed by atoms with van der Waals surface area (Å²) in [6.45, 7) is 5.71. The summed E-state index contributed by atoms with van der Waals surface area (Å²) in [6.07, 6.45) is 0.0697. The Labute approximate surface area is 90.2 Å². The van der Waals surface area contributed by atoms with E-state index in [2.05, 4.69) is 10.6 Å². The van der Waals surface area contributed by atoms with Crippen LogP contribution in [0.2, 0.25) is 0 Å². The molecule has 1 atom stereocenters. The fourth-order valence-electron chi connectivity index (χ4n) is 0.972. The lowest BCUT2D eigenvalue weighted by Gasteiger charge is -2.23. The molecule has 0 aromatic rings. The van der Waals surface area contributed by atoms with Gasteiger partial charge in [0.2, 0.25) is 5.91 Å². The highest BCUT2D eigenvalue weighted by Crippen LogP contribution is 2.03. The van der Waals surface area contributed by atoms with Gasteiger partial charge in [0.05, 0.1) is 5.54 Å². The Morgan fingerprint density at radius 2 is 1.93 bits per heavy atom. The summed E-state index contributed by atoms with van der Waals surface area (Å²) < 4.78 is 0. The minimum absolute atomic E-state index is 0.0564. The second kappa shape index (κ2) is 5.70. The van der Waals surface area contributed by atoms with E-state index in [1.165, 1.54) is 0 Å². The molecule has 3 N–H and O–H groups in total. The molecule has 15 heavy (non-hydrogen) atoms. The van der Waals surface area contributed by atoms with Gasteiger partial charge in [0.25, 0.3) is 0 Å². The molecule has 5 heteroatoms. The van der Waals surface area contributed by atoms with Crippen LogP contribution >= 0.6 is 0 Å². The van der Waals surface area contributed by atoms with E-state index in [4.69, 9.17) is 5.11 Å². The lowest BCUT2D eigenvalue weighted by atomic mass is 10.0. The van der Waals surface area contributed by atoms with Gasteiger partial charge in [-0.15, -0.1) is 0 Å². The van der Waals surface area contributed by atoms with Gasteiger partial charge in [0.1, 0.15) is 0 Å². The van der Waals surface area contributed by atoms with Crippen LogP contribution in [0.5, 0.6) is 0 Å². The van der Waals surface area contributed by atoms with E-state index in [-0.39, 0.29) is 18.2 Å². The molecule has 0 aromatic heterocycles. The zero-order chi connectivity index (χ0) is 12.1. The summed E-state index contributed by atoms with van der Waals surface area (Å²) in [5.74, 6) is -1.02. The van der Waals surface area contributed by atoms with Gasteiger partial charge in [0.15, 0.2) is 0 Å². The van der Waals surface area contributed by atoms with E-state index in [0.717, 1.165) is 0 Å². The van der Waals surface area contributed by atoms with Gasteiger partial charge in [-0.2, -0.15) is 0 Å². The first-order valence-corrected chi connectivity index (χ1v) is 4.98. The highest BCUT2D eigenvalue weighted by Gasteiger charge is 2.25. The summed E-state index contributed by atoms with van der Waals surface area (Å²) in [5, 5.41) is 14.1. The van der Waals surface area contributed by atoms with Crippen LogP contribution in [-0.2, 0) is 9.59 Å². The molecule has 0 heterocycles. The van der Waals surface area contributed by atoms with Gasteiger partial charge in [-0.1, -0.05) is 6.92 Å². The molecule has 0 aliphatic carbocycles. The zero-order valence-corrected chi connectivity index (χ0v) is 9.76. The maximum atomic E-state index is 11.6. The maximum absolute atomic E-state index is 11.6. The van der Waals surface area contributed by atoms with Crippen LogP contribution in [-0.4, -0.2) is 36.1 Å². The van der Waals surface area contributed by atoms with Crippen LogP contribution in [0.1, 0.15) is 27.2 Å². The Morgan fingerprint density at radius 3 is 2.33 bits per heavy atom. The smallest absolute Gasteiger partial charge is 0.303 e. The maximum Gasteiger partial charge on any atom is 0.303 e. The number of nitrogens with one attached hydrogen (secondary N) is 2. The van der Waals surface area contributed by atoms with Gasteiger partial charge in [-0.05, 0) is 26.8 Å². The summed E-state index contributed by atoms with van der Waals surface area (Å²) >= 11 is 0. The lowest BCUT2D eigenvalue weighted by Crippen LogP contribution is -2.51. The van der Waals surface area contributed by atoms with E-state index in [9.17, 15) is 9.59 Å². The number of amides is 1. The molecular formula is C10H20N2O3. The van der Waals surface area contributed by atoms with Gasteiger partial charge in [-0.25, -0.2) is 0 Å². The molecule has 0 saturated heterocycles. The van der Waals surface area contributed by atoms with Crippen molar-refractivity contribution in [2.45, 2.75) is 32.7 Å². The predicted molar refractivity (Wildman–Crippen MR) is 57.6 cm³/mol. The molecule has 1 amide bonds. The van der Waals surface area contributed by atoms with Crippen molar-refractivity contribution in [1.82, 2.24) is 10.6 Å². The van der Waals surface area contributed by atoms with Gasteiger partial charge < -0.3 is 15.7 Å². The molecule has 5 nitrogen and oxygen atoms in total. The van der Waals surface area contributed by atoms with E-state index in [1.807, 2.05) is 0 Å². The Hall–Kier alpha value is -1.10. The molecule has 0 bridgehead atoms. The minimum atomic E-state index is -0.843. The first-order valence-electron chi connectivity index (χ1n) is 4.98. The van der Waals surface area contributed by atoms with Crippen molar-refractivity contribution in [2.75, 3.05) is 13.6 Å². The van der Waals surface area contributed by atoms with Crippen molar-refractivity contribution < 1.29 is 14.7 Å². The first kappa shape index (κ1) is 13.9. The molecular weight excluding hydrogens is 196 g/mol. The molecule has 0 aromatic carbocycles. The second-order valence-electron chi connectivity index (χ2n) is 4.29. The van der Waals surface area contributed by atoms with Crippen LogP contribution in [0.25, 0.3) is 0 Å². The van der Waals surface area contributed by atoms with Crippen molar-refractivity contribution in [3.05, 3.63) is 0 Å². The number of carbonyl (C=O) groups excluding carboxylic acids is 1. The third kappa shape index (κ3) is 5.37. The lowest BCUT2D eigenvalue weighted by molar-refractivity contribution is -0.138. The quantitative estimate of drug-likeness (QED) is 0.593. The van der Waals surface area contributed by atoms with Crippen molar-refractivity contribution in [3.63, 3.8) is 0 Å². The largest absolute Gasteiger partial charge is 0.481 e. The minimum Gasteiger partial charge on any atom is -0.481 e. The fraction of sp³-hybridized carbons (Fsp3) is 0.800. The van der Waals surface area contributed by atoms with Crippen LogP contribution < -0.4 is 10.6 Å². The highest BCUT2D eigenvalue weighted by molar-refractivity contribution is 5.85. The Kier molecular flexibility index (Phi) is 5.28. The number of carboxylic acids is 1. The molecule has 0 aliphatic heterocycles. The molecule has 0 rings (SSSR count). The monoisotopic (exact) mass is 216 g/mol. The van der Waals surface area contributed by atoms with Crippen molar-refractivity contribution in [2.24, 2.45) is 5.92 Å². The molecule has 1 unspecified atom stereocenters. The predicted octanol–water partition coefficient (Wildman–Crippen LogP) is 0.211. The van der Waals surface area contributed by atoms with Crippen molar-refractivity contribution in [1.29, 1.82) is 0 Å². The van der Waals surface area contributed by atoms with E-state index >= 15 is 0 Å². The summed E-state index contributed by atoms with van der Waals surface area (Å²) in [5.41, 5.74) is -0.622. The first-order chi connectivity index (χ1) is 6.79. The van der Waals surface area contributed by atoms with Gasteiger partial charge in [0, 0.05) is 13.0 Å². The number of aliphatic carboxylic acids is 1. The second-order valence-corrected chi connectivity index (χ2v) is 4.29. The molecule has 0 aliphatic rings. The van der Waals surface area contributed by atoms with E-state index in [1.54, 1.807) is 27.8 Å². The van der Waals surface area contributed by atoms with Crippen LogP contribution in [0.3, 0.4) is 0 Å².